The Bertz CT molecular complexity index is 1110. The fourth-order valence-electron chi connectivity index (χ4n) is 4.87. The number of carbonyl (C=O) groups excluding carboxylic acids is 2. The third-order valence-corrected chi connectivity index (χ3v) is 7.13. The normalized spacial score (nSPS) is 24.8. The predicted molar refractivity (Wildman–Crippen MR) is 118 cm³/mol. The Hall–Kier alpha value is -2.94. The quantitative estimate of drug-likeness (QED) is 0.678. The number of anilines is 1. The summed E-state index contributed by atoms with van der Waals surface area (Å²) in [4.78, 5) is 28.8. The highest BCUT2D eigenvalue weighted by Crippen LogP contribution is 2.49. The van der Waals surface area contributed by atoms with Crippen LogP contribution in [0.5, 0.6) is 11.5 Å². The van der Waals surface area contributed by atoms with Gasteiger partial charge in [-0.05, 0) is 50.8 Å². The average Bonchev–Trinajstić information content (AvgIpc) is 3.35. The Morgan fingerprint density at radius 3 is 2.72 bits per heavy atom. The summed E-state index contributed by atoms with van der Waals surface area (Å²) in [7, 11) is 1.57. The minimum atomic E-state index is -0.648. The van der Waals surface area contributed by atoms with Crippen molar-refractivity contribution in [1.82, 2.24) is 10.2 Å². The molecule has 1 aromatic carbocycles. The first-order chi connectivity index (χ1) is 15.5. The Balaban J connectivity index is 1.65. The van der Waals surface area contributed by atoms with Gasteiger partial charge in [-0.1, -0.05) is 23.8 Å². The molecule has 8 nitrogen and oxygen atoms in total. The second-order valence-corrected chi connectivity index (χ2v) is 9.34. The molecule has 3 heterocycles. The van der Waals surface area contributed by atoms with Gasteiger partial charge in [-0.25, -0.2) is 0 Å². The average molecular weight is 456 g/mol. The van der Waals surface area contributed by atoms with Gasteiger partial charge in [-0.2, -0.15) is 0 Å². The molecule has 2 aromatic rings. The van der Waals surface area contributed by atoms with Crippen LogP contribution in [0.1, 0.15) is 49.2 Å². The van der Waals surface area contributed by atoms with Crippen molar-refractivity contribution in [2.24, 2.45) is 5.92 Å². The zero-order valence-corrected chi connectivity index (χ0v) is 19.1. The van der Waals surface area contributed by atoms with Crippen molar-refractivity contribution in [3.05, 3.63) is 40.1 Å². The van der Waals surface area contributed by atoms with Gasteiger partial charge < -0.3 is 14.2 Å². The van der Waals surface area contributed by atoms with Gasteiger partial charge in [0.05, 0.1) is 31.2 Å². The van der Waals surface area contributed by atoms with E-state index >= 15 is 0 Å². The molecule has 0 bridgehead atoms. The summed E-state index contributed by atoms with van der Waals surface area (Å²) in [6.07, 6.45) is 3.34. The van der Waals surface area contributed by atoms with E-state index in [2.05, 4.69) is 10.2 Å². The first-order valence-electron chi connectivity index (χ1n) is 10.9. The number of fused-ring (bicyclic) bond motifs is 1. The minimum absolute atomic E-state index is 0.00545. The lowest BCUT2D eigenvalue weighted by Gasteiger charge is -2.35. The summed E-state index contributed by atoms with van der Waals surface area (Å²) < 4.78 is 17.4. The second-order valence-electron chi connectivity index (χ2n) is 8.18. The van der Waals surface area contributed by atoms with E-state index in [-0.39, 0.29) is 29.5 Å². The summed E-state index contributed by atoms with van der Waals surface area (Å²) in [6.45, 7) is 4.23. The van der Waals surface area contributed by atoms with Crippen molar-refractivity contribution in [3.63, 3.8) is 0 Å². The number of amides is 1. The highest BCUT2D eigenvalue weighted by atomic mass is 32.1. The Labute approximate surface area is 190 Å². The van der Waals surface area contributed by atoms with Gasteiger partial charge in [0.1, 0.15) is 11.1 Å². The van der Waals surface area contributed by atoms with Gasteiger partial charge in [0.25, 0.3) is 5.91 Å². The van der Waals surface area contributed by atoms with Crippen LogP contribution < -0.4 is 14.4 Å². The van der Waals surface area contributed by atoms with Crippen LogP contribution in [-0.4, -0.2) is 41.7 Å². The number of nitrogens with zero attached hydrogens (tertiary/aromatic N) is 3. The van der Waals surface area contributed by atoms with Crippen LogP contribution in [0, 0.1) is 12.8 Å². The second kappa shape index (κ2) is 8.20. The predicted octanol–water partition coefficient (Wildman–Crippen LogP) is 3.75. The molecule has 0 radical (unpaired) electrons. The first kappa shape index (κ1) is 20.9. The number of hydrogen-bond donors (Lipinski definition) is 0. The number of ketones is 1. The van der Waals surface area contributed by atoms with E-state index in [1.54, 1.807) is 12.0 Å². The first-order valence-corrected chi connectivity index (χ1v) is 11.7. The number of rotatable bonds is 5. The van der Waals surface area contributed by atoms with Crippen LogP contribution in [0.15, 0.2) is 29.5 Å². The van der Waals surface area contributed by atoms with Gasteiger partial charge in [0.2, 0.25) is 5.13 Å². The maximum absolute atomic E-state index is 13.7. The molecule has 0 N–H and O–H groups in total. The van der Waals surface area contributed by atoms with E-state index in [4.69, 9.17) is 14.2 Å². The maximum atomic E-state index is 13.7. The van der Waals surface area contributed by atoms with Crippen molar-refractivity contribution in [3.8, 4) is 11.5 Å². The molecule has 3 aliphatic rings. The summed E-state index contributed by atoms with van der Waals surface area (Å²) in [6, 6.07) is 4.84. The molecular weight excluding hydrogens is 430 g/mol. The smallest absolute Gasteiger partial charge is 0.296 e. The summed E-state index contributed by atoms with van der Waals surface area (Å²) in [5.74, 6) is 0.757. The highest BCUT2D eigenvalue weighted by Gasteiger charge is 2.53. The molecule has 0 spiro atoms. The number of carbonyl (C=O) groups is 2. The molecule has 3 atom stereocenters. The molecule has 1 aliphatic carbocycles. The van der Waals surface area contributed by atoms with Gasteiger partial charge >= 0.3 is 0 Å². The minimum Gasteiger partial charge on any atom is -0.493 e. The van der Waals surface area contributed by atoms with E-state index in [9.17, 15) is 9.59 Å². The molecule has 9 heteroatoms. The number of Topliss-reactive ketones (excluding diaryl/α,β-unsaturated/α-hetero) is 1. The van der Waals surface area contributed by atoms with Crippen molar-refractivity contribution in [1.29, 1.82) is 0 Å². The van der Waals surface area contributed by atoms with E-state index in [0.29, 0.717) is 28.8 Å². The number of methoxy groups -OCH3 is 1. The van der Waals surface area contributed by atoms with E-state index in [0.717, 1.165) is 36.3 Å². The van der Waals surface area contributed by atoms with Crippen molar-refractivity contribution in [2.45, 2.75) is 51.7 Å². The van der Waals surface area contributed by atoms with Gasteiger partial charge in [-0.3, -0.25) is 14.5 Å². The number of benzene rings is 1. The summed E-state index contributed by atoms with van der Waals surface area (Å²) in [5.41, 5.74) is 1.15. The molecule has 2 aliphatic heterocycles. The number of ether oxygens (including phenoxy) is 3. The Morgan fingerprint density at radius 2 is 2.00 bits per heavy atom. The van der Waals surface area contributed by atoms with Crippen LogP contribution in [0.4, 0.5) is 5.13 Å². The molecular formula is C23H25N3O5S. The fraction of sp³-hybridized carbons (Fsp3) is 0.478. The van der Waals surface area contributed by atoms with Crippen LogP contribution in [0.25, 0.3) is 0 Å². The van der Waals surface area contributed by atoms with Crippen LogP contribution >= 0.6 is 11.3 Å². The van der Waals surface area contributed by atoms with Crippen molar-refractivity contribution < 1.29 is 23.8 Å². The lowest BCUT2D eigenvalue weighted by Crippen LogP contribution is -2.39. The van der Waals surface area contributed by atoms with Crippen molar-refractivity contribution in [2.75, 3.05) is 18.6 Å². The fourth-order valence-corrected chi connectivity index (χ4v) is 5.58. The highest BCUT2D eigenvalue weighted by molar-refractivity contribution is 7.15. The lowest BCUT2D eigenvalue weighted by molar-refractivity contribution is -0.131. The number of aryl methyl sites for hydroxylation is 1. The molecule has 0 saturated heterocycles. The molecule has 1 amide bonds. The molecule has 5 rings (SSSR count). The van der Waals surface area contributed by atoms with Crippen LogP contribution in [0.3, 0.4) is 0 Å². The number of hydrogen-bond acceptors (Lipinski definition) is 8. The van der Waals surface area contributed by atoms with E-state index < -0.39 is 6.04 Å². The van der Waals surface area contributed by atoms with Gasteiger partial charge in [0, 0.05) is 0 Å². The van der Waals surface area contributed by atoms with Gasteiger partial charge in [0.15, 0.2) is 23.0 Å². The SMILES string of the molecule is CCOc1ccc(C2C3=C(OC4CCCCC4C3=O)C(=O)N2c2nnc(C)s2)cc1OC. The standard InChI is InChI=1S/C23H25N3O5S/c1-4-30-16-10-9-13(11-17(16)29-3)19-18-20(27)14-7-5-6-8-15(14)31-21(18)22(28)26(19)23-25-24-12(2)32-23/h9-11,14-15,19H,4-8H2,1-3H3. The number of aromatic nitrogens is 2. The summed E-state index contributed by atoms with van der Waals surface area (Å²) in [5, 5.41) is 9.48. The molecule has 1 fully saturated rings. The summed E-state index contributed by atoms with van der Waals surface area (Å²) >= 11 is 1.31. The third-order valence-electron chi connectivity index (χ3n) is 6.29. The molecule has 1 aromatic heterocycles. The molecule has 168 valence electrons. The zero-order valence-electron chi connectivity index (χ0n) is 18.3. The Kier molecular flexibility index (Phi) is 5.36. The topological polar surface area (TPSA) is 90.9 Å². The maximum Gasteiger partial charge on any atom is 0.296 e. The monoisotopic (exact) mass is 455 g/mol. The van der Waals surface area contributed by atoms with E-state index in [1.807, 2.05) is 32.0 Å². The van der Waals surface area contributed by atoms with E-state index in [1.165, 1.54) is 11.3 Å². The molecule has 3 unspecified atom stereocenters. The zero-order chi connectivity index (χ0) is 22.4. The Morgan fingerprint density at radius 1 is 1.19 bits per heavy atom. The van der Waals surface area contributed by atoms with Crippen molar-refractivity contribution >= 4 is 28.2 Å². The van der Waals surface area contributed by atoms with Crippen LogP contribution in [-0.2, 0) is 14.3 Å². The third kappa shape index (κ3) is 3.26. The lowest BCUT2D eigenvalue weighted by atomic mass is 9.77. The van der Waals surface area contributed by atoms with Crippen LogP contribution in [0.2, 0.25) is 0 Å². The van der Waals surface area contributed by atoms with Gasteiger partial charge in [-0.15, -0.1) is 10.2 Å². The largest absolute Gasteiger partial charge is 0.493 e. The molecule has 1 saturated carbocycles. The molecule has 32 heavy (non-hydrogen) atoms.